The number of nitrogens with zero attached hydrogens (tertiary/aromatic N) is 2. The highest BCUT2D eigenvalue weighted by Crippen LogP contribution is 2.23. The van der Waals surface area contributed by atoms with E-state index in [1.54, 1.807) is 25.3 Å². The molecule has 8 heteroatoms. The number of alkyl halides is 3. The molecule has 130 valence electrons. The molecule has 0 radical (unpaired) electrons. The lowest BCUT2D eigenvalue weighted by atomic mass is 10.1. The molecule has 1 atom stereocenters. The maximum atomic E-state index is 12.1. The van der Waals surface area contributed by atoms with Crippen molar-refractivity contribution < 1.29 is 22.4 Å². The van der Waals surface area contributed by atoms with Crippen LogP contribution in [0.25, 0.3) is 11.5 Å². The first-order chi connectivity index (χ1) is 11.2. The molecule has 0 bridgehead atoms. The Hall–Kier alpha value is -2.38. The summed E-state index contributed by atoms with van der Waals surface area (Å²) in [4.78, 5) is 20.2. The third-order valence-corrected chi connectivity index (χ3v) is 3.36. The van der Waals surface area contributed by atoms with Crippen molar-refractivity contribution in [2.24, 2.45) is 0 Å². The number of carbonyl (C=O) groups is 1. The molecule has 0 aliphatic heterocycles. The molecule has 2 rings (SSSR count). The molecule has 24 heavy (non-hydrogen) atoms. The second kappa shape index (κ2) is 7.46. The van der Waals surface area contributed by atoms with Gasteiger partial charge in [-0.05, 0) is 38.8 Å². The molecule has 5 nitrogen and oxygen atoms in total. The van der Waals surface area contributed by atoms with Crippen molar-refractivity contribution in [2.75, 3.05) is 0 Å². The van der Waals surface area contributed by atoms with Gasteiger partial charge in [-0.2, -0.15) is 13.2 Å². The molecular formula is C16H18F3N3O2. The monoisotopic (exact) mass is 341 g/mol. The van der Waals surface area contributed by atoms with E-state index < -0.39 is 18.5 Å². The molecule has 0 aliphatic carbocycles. The maximum Gasteiger partial charge on any atom is 0.389 e. The molecule has 0 aromatic carbocycles. The third-order valence-electron chi connectivity index (χ3n) is 3.36. The average Bonchev–Trinajstić information content (AvgIpc) is 2.95. The van der Waals surface area contributed by atoms with E-state index >= 15 is 0 Å². The quantitative estimate of drug-likeness (QED) is 0.865. The van der Waals surface area contributed by atoms with Gasteiger partial charge in [-0.15, -0.1) is 0 Å². The number of aromatic nitrogens is 2. The van der Waals surface area contributed by atoms with E-state index in [9.17, 15) is 18.0 Å². The minimum atomic E-state index is -4.17. The van der Waals surface area contributed by atoms with Gasteiger partial charge in [-0.3, -0.25) is 9.78 Å². The molecule has 2 heterocycles. The van der Waals surface area contributed by atoms with Crippen LogP contribution in [-0.4, -0.2) is 28.1 Å². The van der Waals surface area contributed by atoms with E-state index in [1.807, 2.05) is 6.92 Å². The summed E-state index contributed by atoms with van der Waals surface area (Å²) in [6, 6.07) is 3.09. The van der Waals surface area contributed by atoms with Gasteiger partial charge >= 0.3 is 6.18 Å². The average molecular weight is 341 g/mol. The van der Waals surface area contributed by atoms with Crippen LogP contribution in [0.15, 0.2) is 29.0 Å². The highest BCUT2D eigenvalue weighted by molar-refractivity contribution is 5.92. The number of carbonyl (C=O) groups excluding carboxylic acids is 1. The Labute approximate surface area is 137 Å². The normalized spacial score (nSPS) is 12.9. The molecule has 0 spiro atoms. The zero-order valence-corrected chi connectivity index (χ0v) is 13.4. The maximum absolute atomic E-state index is 12.1. The molecule has 1 amide bonds. The van der Waals surface area contributed by atoms with Gasteiger partial charge in [0.1, 0.15) is 6.26 Å². The zero-order valence-electron chi connectivity index (χ0n) is 13.4. The summed E-state index contributed by atoms with van der Waals surface area (Å²) in [5.41, 5.74) is 1.57. The van der Waals surface area contributed by atoms with Gasteiger partial charge in [0.2, 0.25) is 5.89 Å². The van der Waals surface area contributed by atoms with E-state index in [2.05, 4.69) is 15.3 Å². The van der Waals surface area contributed by atoms with Gasteiger partial charge < -0.3 is 9.73 Å². The van der Waals surface area contributed by atoms with Crippen LogP contribution in [0.4, 0.5) is 13.2 Å². The number of oxazole rings is 1. The molecule has 1 N–H and O–H groups in total. The Balaban J connectivity index is 1.91. The number of hydrogen-bond donors (Lipinski definition) is 1. The third kappa shape index (κ3) is 5.36. The second-order valence-electron chi connectivity index (χ2n) is 5.61. The lowest BCUT2D eigenvalue weighted by molar-refractivity contribution is -0.135. The summed E-state index contributed by atoms with van der Waals surface area (Å²) in [7, 11) is 0. The van der Waals surface area contributed by atoms with Gasteiger partial charge in [0.05, 0.1) is 0 Å². The van der Waals surface area contributed by atoms with Crippen molar-refractivity contribution in [1.82, 2.24) is 15.3 Å². The highest BCUT2D eigenvalue weighted by atomic mass is 19.4. The standard InChI is InChI=1S/C16H18F3N3O2/c1-10(4-3-6-16(17,18)19)21-14(23)13-9-24-15(22-13)12-5-7-20-11(2)8-12/h5,7-10H,3-4,6H2,1-2H3,(H,21,23). The predicted molar refractivity (Wildman–Crippen MR) is 81.3 cm³/mol. The minimum Gasteiger partial charge on any atom is -0.444 e. The first-order valence-electron chi connectivity index (χ1n) is 7.51. The van der Waals surface area contributed by atoms with Crippen LogP contribution in [0.3, 0.4) is 0 Å². The van der Waals surface area contributed by atoms with Crippen LogP contribution in [-0.2, 0) is 0 Å². The lowest BCUT2D eigenvalue weighted by Crippen LogP contribution is -2.32. The number of rotatable bonds is 6. The van der Waals surface area contributed by atoms with Crippen molar-refractivity contribution in [3.8, 4) is 11.5 Å². The second-order valence-corrected chi connectivity index (χ2v) is 5.61. The molecule has 1 unspecified atom stereocenters. The molecular weight excluding hydrogens is 323 g/mol. The van der Waals surface area contributed by atoms with E-state index in [-0.39, 0.29) is 30.5 Å². The minimum absolute atomic E-state index is 0.0364. The number of pyridine rings is 1. The lowest BCUT2D eigenvalue weighted by Gasteiger charge is -2.13. The Morgan fingerprint density at radius 2 is 2.17 bits per heavy atom. The fourth-order valence-electron chi connectivity index (χ4n) is 2.17. The van der Waals surface area contributed by atoms with Gasteiger partial charge in [0.25, 0.3) is 5.91 Å². The first kappa shape index (κ1) is 18.0. The zero-order chi connectivity index (χ0) is 17.7. The number of halogens is 3. The fraction of sp³-hybridized carbons (Fsp3) is 0.438. The predicted octanol–water partition coefficient (Wildman–Crippen LogP) is 3.90. The van der Waals surface area contributed by atoms with E-state index in [0.717, 1.165) is 5.69 Å². The van der Waals surface area contributed by atoms with Crippen LogP contribution in [0, 0.1) is 6.92 Å². The molecule has 0 saturated carbocycles. The summed E-state index contributed by atoms with van der Waals surface area (Å²) in [5, 5.41) is 2.62. The van der Waals surface area contributed by atoms with Crippen LogP contribution >= 0.6 is 0 Å². The number of amides is 1. The van der Waals surface area contributed by atoms with Crippen LogP contribution in [0.1, 0.15) is 42.4 Å². The first-order valence-corrected chi connectivity index (χ1v) is 7.51. The fourth-order valence-corrected chi connectivity index (χ4v) is 2.17. The van der Waals surface area contributed by atoms with Crippen molar-refractivity contribution in [2.45, 2.75) is 45.3 Å². The van der Waals surface area contributed by atoms with Crippen molar-refractivity contribution in [1.29, 1.82) is 0 Å². The Bertz CT molecular complexity index is 698. The summed E-state index contributed by atoms with van der Waals surface area (Å²) in [6.45, 7) is 3.48. The van der Waals surface area contributed by atoms with Gasteiger partial charge in [0, 0.05) is 29.9 Å². The summed E-state index contributed by atoms with van der Waals surface area (Å²) in [6.07, 6.45) is -2.00. The summed E-state index contributed by atoms with van der Waals surface area (Å²) < 4.78 is 41.6. The van der Waals surface area contributed by atoms with Crippen LogP contribution in [0.2, 0.25) is 0 Å². The Kier molecular flexibility index (Phi) is 5.58. The van der Waals surface area contributed by atoms with Crippen molar-refractivity contribution in [3.05, 3.63) is 36.0 Å². The highest BCUT2D eigenvalue weighted by Gasteiger charge is 2.26. The van der Waals surface area contributed by atoms with Gasteiger partial charge in [-0.1, -0.05) is 0 Å². The molecule has 0 fully saturated rings. The van der Waals surface area contributed by atoms with E-state index in [0.29, 0.717) is 5.56 Å². The molecule has 0 aliphatic rings. The number of hydrogen-bond acceptors (Lipinski definition) is 4. The Morgan fingerprint density at radius 3 is 2.83 bits per heavy atom. The van der Waals surface area contributed by atoms with Crippen LogP contribution in [0.5, 0.6) is 0 Å². The molecule has 2 aromatic rings. The molecule has 0 saturated heterocycles. The largest absolute Gasteiger partial charge is 0.444 e. The number of nitrogens with one attached hydrogen (secondary N) is 1. The number of aryl methyl sites for hydroxylation is 1. The van der Waals surface area contributed by atoms with Gasteiger partial charge in [0.15, 0.2) is 5.69 Å². The van der Waals surface area contributed by atoms with Gasteiger partial charge in [-0.25, -0.2) is 4.98 Å². The smallest absolute Gasteiger partial charge is 0.389 e. The van der Waals surface area contributed by atoms with E-state index in [4.69, 9.17) is 4.42 Å². The van der Waals surface area contributed by atoms with Crippen molar-refractivity contribution in [3.63, 3.8) is 0 Å². The summed E-state index contributed by atoms with van der Waals surface area (Å²) in [5.74, 6) is -0.189. The van der Waals surface area contributed by atoms with Crippen molar-refractivity contribution >= 4 is 5.91 Å². The Morgan fingerprint density at radius 1 is 1.42 bits per heavy atom. The summed E-state index contributed by atoms with van der Waals surface area (Å²) >= 11 is 0. The topological polar surface area (TPSA) is 68.0 Å². The van der Waals surface area contributed by atoms with Crippen LogP contribution < -0.4 is 5.32 Å². The SMILES string of the molecule is Cc1cc(-c2nc(C(=O)NC(C)CCCC(F)(F)F)co2)ccn1. The van der Waals surface area contributed by atoms with E-state index in [1.165, 1.54) is 6.26 Å². The molecule has 2 aromatic heterocycles.